The molecule has 3 rings (SSSR count). The van der Waals surface area contributed by atoms with Crippen molar-refractivity contribution in [2.24, 2.45) is 0 Å². The van der Waals surface area contributed by atoms with E-state index in [9.17, 15) is 14.7 Å². The second-order valence-electron chi connectivity index (χ2n) is 6.43. The Hall–Kier alpha value is -2.73. The molecule has 1 fully saturated rings. The maximum Gasteiger partial charge on any atom is 0.258 e. The number of carbonyl (C=O) groups is 2. The van der Waals surface area contributed by atoms with E-state index in [1.54, 1.807) is 41.3 Å². The summed E-state index contributed by atoms with van der Waals surface area (Å²) < 4.78 is 5.43. The Morgan fingerprint density at radius 3 is 2.52 bits per heavy atom. The van der Waals surface area contributed by atoms with Crippen LogP contribution in [0, 0.1) is 0 Å². The van der Waals surface area contributed by atoms with E-state index in [2.05, 4.69) is 5.32 Å². The van der Waals surface area contributed by atoms with E-state index in [0.717, 1.165) is 0 Å². The summed E-state index contributed by atoms with van der Waals surface area (Å²) in [5.74, 6) is 0.356. The Morgan fingerprint density at radius 2 is 1.85 bits per heavy atom. The van der Waals surface area contributed by atoms with Crippen molar-refractivity contribution in [1.82, 2.24) is 10.2 Å². The number of phenols is 1. The highest BCUT2D eigenvalue weighted by Crippen LogP contribution is 2.18. The van der Waals surface area contributed by atoms with E-state index in [1.807, 2.05) is 0 Å². The fourth-order valence-electron chi connectivity index (χ4n) is 3.00. The van der Waals surface area contributed by atoms with Gasteiger partial charge in [0.2, 0.25) is 0 Å². The molecule has 1 aliphatic rings. The average Bonchev–Trinajstić information content (AvgIpc) is 2.67. The standard InChI is InChI=1S/C20H21ClN2O4/c21-15-4-6-18(7-5-15)27-13-19(25)22-16-8-10-23(11-9-16)20(26)14-2-1-3-17(24)12-14/h1-7,12,16,24H,8-11,13H2,(H,22,25). The number of carbonyl (C=O) groups excluding carboxylic acids is 2. The number of halogens is 1. The number of phenolic OH excluding ortho intramolecular Hbond substituents is 1. The monoisotopic (exact) mass is 388 g/mol. The molecule has 0 aliphatic carbocycles. The molecule has 2 N–H and O–H groups in total. The predicted molar refractivity (Wildman–Crippen MR) is 102 cm³/mol. The topological polar surface area (TPSA) is 78.9 Å². The highest BCUT2D eigenvalue weighted by molar-refractivity contribution is 6.30. The first-order valence-corrected chi connectivity index (χ1v) is 9.15. The van der Waals surface area contributed by atoms with Gasteiger partial charge >= 0.3 is 0 Å². The number of amides is 2. The number of piperidine rings is 1. The van der Waals surface area contributed by atoms with Gasteiger partial charge in [-0.1, -0.05) is 17.7 Å². The summed E-state index contributed by atoms with van der Waals surface area (Å²) in [4.78, 5) is 26.3. The van der Waals surface area contributed by atoms with Crippen molar-refractivity contribution in [1.29, 1.82) is 0 Å². The maximum absolute atomic E-state index is 12.5. The van der Waals surface area contributed by atoms with Crippen molar-refractivity contribution in [3.05, 3.63) is 59.1 Å². The molecule has 2 aromatic carbocycles. The summed E-state index contributed by atoms with van der Waals surface area (Å²) in [6, 6.07) is 13.2. The van der Waals surface area contributed by atoms with Crippen molar-refractivity contribution in [3.8, 4) is 11.5 Å². The van der Waals surface area contributed by atoms with Gasteiger partial charge in [-0.2, -0.15) is 0 Å². The molecule has 2 amide bonds. The summed E-state index contributed by atoms with van der Waals surface area (Å²) in [7, 11) is 0. The minimum atomic E-state index is -0.192. The number of rotatable bonds is 5. The summed E-state index contributed by atoms with van der Waals surface area (Å²) in [6.07, 6.45) is 1.36. The number of hydrogen-bond donors (Lipinski definition) is 2. The minimum Gasteiger partial charge on any atom is -0.508 e. The highest BCUT2D eigenvalue weighted by atomic mass is 35.5. The predicted octanol–water partition coefficient (Wildman–Crippen LogP) is 2.85. The molecule has 1 saturated heterocycles. The molecular weight excluding hydrogens is 368 g/mol. The van der Waals surface area contributed by atoms with Crippen LogP contribution in [0.5, 0.6) is 11.5 Å². The zero-order valence-electron chi connectivity index (χ0n) is 14.7. The molecule has 0 spiro atoms. The molecule has 1 aliphatic heterocycles. The quantitative estimate of drug-likeness (QED) is 0.825. The van der Waals surface area contributed by atoms with Gasteiger partial charge < -0.3 is 20.1 Å². The van der Waals surface area contributed by atoms with Crippen LogP contribution in [0.3, 0.4) is 0 Å². The summed E-state index contributed by atoms with van der Waals surface area (Å²) in [5, 5.41) is 13.1. The normalized spacial score (nSPS) is 14.6. The van der Waals surface area contributed by atoms with Gasteiger partial charge in [-0.15, -0.1) is 0 Å². The fraction of sp³-hybridized carbons (Fsp3) is 0.300. The largest absolute Gasteiger partial charge is 0.508 e. The van der Waals surface area contributed by atoms with Gasteiger partial charge in [-0.05, 0) is 55.3 Å². The number of ether oxygens (including phenoxy) is 1. The third kappa shape index (κ3) is 5.37. The van der Waals surface area contributed by atoms with Crippen molar-refractivity contribution < 1.29 is 19.4 Å². The fourth-order valence-corrected chi connectivity index (χ4v) is 3.12. The van der Waals surface area contributed by atoms with Crippen LogP contribution in [0.1, 0.15) is 23.2 Å². The van der Waals surface area contributed by atoms with E-state index < -0.39 is 0 Å². The second kappa shape index (κ2) is 8.77. The number of nitrogens with one attached hydrogen (secondary N) is 1. The van der Waals surface area contributed by atoms with Crippen molar-refractivity contribution in [3.63, 3.8) is 0 Å². The first kappa shape index (κ1) is 19.0. The molecule has 0 aromatic heterocycles. The third-order valence-corrected chi connectivity index (χ3v) is 4.68. The molecule has 0 saturated carbocycles. The molecule has 6 nitrogen and oxygen atoms in total. The molecule has 142 valence electrons. The van der Waals surface area contributed by atoms with Crippen LogP contribution in [0.4, 0.5) is 0 Å². The lowest BCUT2D eigenvalue weighted by Gasteiger charge is -2.32. The zero-order chi connectivity index (χ0) is 19.2. The molecule has 1 heterocycles. The molecular formula is C20H21ClN2O4. The van der Waals surface area contributed by atoms with Gasteiger partial charge in [0, 0.05) is 29.7 Å². The SMILES string of the molecule is O=C(COc1ccc(Cl)cc1)NC1CCN(C(=O)c2cccc(O)c2)CC1. The molecule has 2 aromatic rings. The van der Waals surface area contributed by atoms with Crippen LogP contribution in [0.2, 0.25) is 5.02 Å². The Kier molecular flexibility index (Phi) is 6.19. The number of nitrogens with zero attached hydrogens (tertiary/aromatic N) is 1. The van der Waals surface area contributed by atoms with Gasteiger partial charge in [0.15, 0.2) is 6.61 Å². The Balaban J connectivity index is 1.43. The first-order valence-electron chi connectivity index (χ1n) is 8.77. The summed E-state index contributed by atoms with van der Waals surface area (Å²) in [5.41, 5.74) is 0.467. The zero-order valence-corrected chi connectivity index (χ0v) is 15.5. The Bertz CT molecular complexity index is 802. The van der Waals surface area contributed by atoms with Crippen LogP contribution in [0.25, 0.3) is 0 Å². The van der Waals surface area contributed by atoms with Crippen molar-refractivity contribution in [2.45, 2.75) is 18.9 Å². The van der Waals surface area contributed by atoms with Gasteiger partial charge in [0.1, 0.15) is 11.5 Å². The van der Waals surface area contributed by atoms with Gasteiger partial charge in [0.25, 0.3) is 11.8 Å². The van der Waals surface area contributed by atoms with E-state index in [0.29, 0.717) is 42.3 Å². The van der Waals surface area contributed by atoms with Crippen molar-refractivity contribution >= 4 is 23.4 Å². The summed E-state index contributed by atoms with van der Waals surface area (Å²) >= 11 is 5.81. The van der Waals surface area contributed by atoms with E-state index >= 15 is 0 Å². The number of aromatic hydroxyl groups is 1. The Labute approximate surface area is 162 Å². The highest BCUT2D eigenvalue weighted by Gasteiger charge is 2.24. The van der Waals surface area contributed by atoms with Crippen LogP contribution in [-0.2, 0) is 4.79 Å². The molecule has 27 heavy (non-hydrogen) atoms. The second-order valence-corrected chi connectivity index (χ2v) is 6.86. The first-order chi connectivity index (χ1) is 13.0. The smallest absolute Gasteiger partial charge is 0.258 e. The lowest BCUT2D eigenvalue weighted by Crippen LogP contribution is -2.47. The van der Waals surface area contributed by atoms with Crippen LogP contribution in [-0.4, -0.2) is 47.6 Å². The number of hydrogen-bond acceptors (Lipinski definition) is 4. The molecule has 0 bridgehead atoms. The Morgan fingerprint density at radius 1 is 1.15 bits per heavy atom. The van der Waals surface area contributed by atoms with Crippen LogP contribution >= 0.6 is 11.6 Å². The minimum absolute atomic E-state index is 0.0135. The summed E-state index contributed by atoms with van der Waals surface area (Å²) in [6.45, 7) is 1.04. The van der Waals surface area contributed by atoms with Crippen LogP contribution in [0.15, 0.2) is 48.5 Å². The van der Waals surface area contributed by atoms with E-state index in [1.165, 1.54) is 12.1 Å². The van der Waals surface area contributed by atoms with E-state index in [-0.39, 0.29) is 30.2 Å². The number of benzene rings is 2. The average molecular weight is 389 g/mol. The molecule has 0 radical (unpaired) electrons. The molecule has 0 unspecified atom stereocenters. The third-order valence-electron chi connectivity index (χ3n) is 4.42. The van der Waals surface area contributed by atoms with Crippen molar-refractivity contribution in [2.75, 3.05) is 19.7 Å². The van der Waals surface area contributed by atoms with Gasteiger partial charge in [-0.25, -0.2) is 0 Å². The van der Waals surface area contributed by atoms with Gasteiger partial charge in [-0.3, -0.25) is 9.59 Å². The molecule has 0 atom stereocenters. The lowest BCUT2D eigenvalue weighted by molar-refractivity contribution is -0.124. The van der Waals surface area contributed by atoms with Crippen LogP contribution < -0.4 is 10.1 Å². The lowest BCUT2D eigenvalue weighted by atomic mass is 10.0. The number of likely N-dealkylation sites (tertiary alicyclic amines) is 1. The maximum atomic E-state index is 12.5. The molecule has 7 heteroatoms. The van der Waals surface area contributed by atoms with E-state index in [4.69, 9.17) is 16.3 Å². The van der Waals surface area contributed by atoms with Gasteiger partial charge in [0.05, 0.1) is 0 Å².